The fourth-order valence-corrected chi connectivity index (χ4v) is 1.86. The number of carbonyl (C=O) groups is 1. The molecule has 1 rings (SSSR count). The highest BCUT2D eigenvalue weighted by Crippen LogP contribution is 2.09. The Labute approximate surface area is 149 Å². The summed E-state index contributed by atoms with van der Waals surface area (Å²) in [5, 5.41) is 9.80. The van der Waals surface area contributed by atoms with Crippen molar-refractivity contribution in [3.63, 3.8) is 0 Å². The van der Waals surface area contributed by atoms with Crippen LogP contribution in [0.2, 0.25) is 5.02 Å². The molecule has 1 aromatic rings. The third-order valence-electron chi connectivity index (χ3n) is 3.32. The third kappa shape index (κ3) is 7.66. The van der Waals surface area contributed by atoms with Gasteiger partial charge in [-0.3, -0.25) is 9.79 Å². The van der Waals surface area contributed by atoms with Gasteiger partial charge in [-0.05, 0) is 45.0 Å². The predicted molar refractivity (Wildman–Crippen MR) is 98.9 cm³/mol. The summed E-state index contributed by atoms with van der Waals surface area (Å²) in [6.45, 7) is 8.31. The van der Waals surface area contributed by atoms with Crippen LogP contribution in [0.15, 0.2) is 29.3 Å². The number of hydrogen-bond acceptors (Lipinski definition) is 3. The molecule has 0 unspecified atom stereocenters. The average molecular weight is 355 g/mol. The number of methoxy groups -OCH3 is 1. The van der Waals surface area contributed by atoms with Crippen LogP contribution in [0.25, 0.3) is 0 Å². The molecule has 0 fully saturated rings. The van der Waals surface area contributed by atoms with E-state index in [4.69, 9.17) is 16.3 Å². The van der Waals surface area contributed by atoms with Gasteiger partial charge in [-0.15, -0.1) is 0 Å². The van der Waals surface area contributed by atoms with Crippen molar-refractivity contribution in [1.82, 2.24) is 16.0 Å². The van der Waals surface area contributed by atoms with E-state index in [-0.39, 0.29) is 11.5 Å². The normalized spacial score (nSPS) is 12.0. The molecule has 0 saturated carbocycles. The largest absolute Gasteiger partial charge is 0.377 e. The van der Waals surface area contributed by atoms with E-state index in [0.29, 0.717) is 36.2 Å². The van der Waals surface area contributed by atoms with Gasteiger partial charge in [0, 0.05) is 37.3 Å². The van der Waals surface area contributed by atoms with Crippen molar-refractivity contribution in [2.24, 2.45) is 4.99 Å². The van der Waals surface area contributed by atoms with E-state index in [2.05, 4.69) is 20.9 Å². The lowest BCUT2D eigenvalue weighted by Crippen LogP contribution is -2.42. The summed E-state index contributed by atoms with van der Waals surface area (Å²) in [6.07, 6.45) is 0. The number of benzene rings is 1. The molecule has 0 radical (unpaired) electrons. The lowest BCUT2D eigenvalue weighted by atomic mass is 10.1. The molecule has 6 nitrogen and oxygen atoms in total. The van der Waals surface area contributed by atoms with Crippen LogP contribution in [0.5, 0.6) is 0 Å². The number of aliphatic imine (C=N–C) groups is 1. The molecule has 7 heteroatoms. The average Bonchev–Trinajstić information content (AvgIpc) is 2.57. The fourth-order valence-electron chi connectivity index (χ4n) is 1.74. The minimum Gasteiger partial charge on any atom is -0.377 e. The van der Waals surface area contributed by atoms with Gasteiger partial charge in [-0.25, -0.2) is 0 Å². The summed E-state index contributed by atoms with van der Waals surface area (Å²) in [4.78, 5) is 16.5. The van der Waals surface area contributed by atoms with Gasteiger partial charge in [-0.2, -0.15) is 0 Å². The highest BCUT2D eigenvalue weighted by atomic mass is 35.5. The third-order valence-corrected chi connectivity index (χ3v) is 3.58. The van der Waals surface area contributed by atoms with Crippen molar-refractivity contribution in [3.8, 4) is 0 Å². The van der Waals surface area contributed by atoms with E-state index in [1.54, 1.807) is 31.4 Å². The standard InChI is InChI=1S/C17H27ClN4O2/c1-5-19-16(22-12-17(2,3)24-4)21-11-10-20-15(23)13-6-8-14(18)9-7-13/h6-9H,5,10-12H2,1-4H3,(H,20,23)(H2,19,21,22). The Bertz CT molecular complexity index is 544. The van der Waals surface area contributed by atoms with Gasteiger partial charge < -0.3 is 20.7 Å². The van der Waals surface area contributed by atoms with E-state index in [9.17, 15) is 4.79 Å². The molecular weight excluding hydrogens is 328 g/mol. The SMILES string of the molecule is CCNC(=NCC(C)(C)OC)NCCNC(=O)c1ccc(Cl)cc1. The monoisotopic (exact) mass is 354 g/mol. The second-order valence-electron chi connectivity index (χ2n) is 5.85. The molecule has 3 N–H and O–H groups in total. The van der Waals surface area contributed by atoms with E-state index < -0.39 is 0 Å². The zero-order valence-electron chi connectivity index (χ0n) is 14.8. The number of halogens is 1. The lowest BCUT2D eigenvalue weighted by Gasteiger charge is -2.21. The molecule has 0 saturated heterocycles. The molecule has 0 heterocycles. The van der Waals surface area contributed by atoms with E-state index in [1.807, 2.05) is 20.8 Å². The highest BCUT2D eigenvalue weighted by molar-refractivity contribution is 6.30. The molecule has 1 aromatic carbocycles. The molecule has 0 atom stereocenters. The number of rotatable bonds is 8. The maximum atomic E-state index is 12.0. The summed E-state index contributed by atoms with van der Waals surface area (Å²) < 4.78 is 5.35. The number of amides is 1. The van der Waals surface area contributed by atoms with E-state index in [0.717, 1.165) is 6.54 Å². The second-order valence-corrected chi connectivity index (χ2v) is 6.28. The van der Waals surface area contributed by atoms with Gasteiger partial charge in [0.15, 0.2) is 5.96 Å². The summed E-state index contributed by atoms with van der Waals surface area (Å²) in [7, 11) is 1.67. The maximum Gasteiger partial charge on any atom is 0.251 e. The summed E-state index contributed by atoms with van der Waals surface area (Å²) in [5.41, 5.74) is 0.271. The summed E-state index contributed by atoms with van der Waals surface area (Å²) in [6, 6.07) is 6.79. The Morgan fingerprint density at radius 1 is 1.17 bits per heavy atom. The molecule has 0 bridgehead atoms. The molecule has 1 amide bonds. The van der Waals surface area contributed by atoms with Gasteiger partial charge in [0.05, 0.1) is 12.1 Å². The van der Waals surface area contributed by atoms with Crippen LogP contribution in [0, 0.1) is 0 Å². The first kappa shape index (κ1) is 20.3. The first-order chi connectivity index (χ1) is 11.4. The van der Waals surface area contributed by atoms with Gasteiger partial charge in [0.1, 0.15) is 0 Å². The van der Waals surface area contributed by atoms with Gasteiger partial charge in [0.2, 0.25) is 0 Å². The van der Waals surface area contributed by atoms with Gasteiger partial charge in [-0.1, -0.05) is 11.6 Å². The van der Waals surface area contributed by atoms with Crippen molar-refractivity contribution in [2.75, 3.05) is 33.3 Å². The van der Waals surface area contributed by atoms with Gasteiger partial charge in [0.25, 0.3) is 5.91 Å². The van der Waals surface area contributed by atoms with Crippen LogP contribution in [-0.4, -0.2) is 50.8 Å². The van der Waals surface area contributed by atoms with Crippen molar-refractivity contribution in [2.45, 2.75) is 26.4 Å². The fraction of sp³-hybridized carbons (Fsp3) is 0.529. The second kappa shape index (κ2) is 10.2. The van der Waals surface area contributed by atoms with Crippen LogP contribution in [0.3, 0.4) is 0 Å². The zero-order chi connectivity index (χ0) is 18.0. The molecule has 0 aliphatic rings. The lowest BCUT2D eigenvalue weighted by molar-refractivity contribution is 0.0310. The van der Waals surface area contributed by atoms with Gasteiger partial charge >= 0.3 is 0 Å². The first-order valence-electron chi connectivity index (χ1n) is 7.99. The topological polar surface area (TPSA) is 74.8 Å². The van der Waals surface area contributed by atoms with Crippen LogP contribution < -0.4 is 16.0 Å². The van der Waals surface area contributed by atoms with E-state index >= 15 is 0 Å². The van der Waals surface area contributed by atoms with Crippen molar-refractivity contribution >= 4 is 23.5 Å². The van der Waals surface area contributed by atoms with Crippen LogP contribution in [0.1, 0.15) is 31.1 Å². The first-order valence-corrected chi connectivity index (χ1v) is 8.37. The Morgan fingerprint density at radius 2 is 1.79 bits per heavy atom. The highest BCUT2D eigenvalue weighted by Gasteiger charge is 2.15. The molecule has 0 aromatic heterocycles. The predicted octanol–water partition coefficient (Wildman–Crippen LogP) is 2.05. The Kier molecular flexibility index (Phi) is 8.57. The summed E-state index contributed by atoms with van der Waals surface area (Å²) >= 11 is 5.81. The molecule has 0 aliphatic heterocycles. The Balaban J connectivity index is 2.41. The number of nitrogens with one attached hydrogen (secondary N) is 3. The zero-order valence-corrected chi connectivity index (χ0v) is 15.5. The van der Waals surface area contributed by atoms with Crippen LogP contribution in [0.4, 0.5) is 0 Å². The number of guanidine groups is 1. The smallest absolute Gasteiger partial charge is 0.251 e. The van der Waals surface area contributed by atoms with Crippen LogP contribution >= 0.6 is 11.6 Å². The molecule has 0 spiro atoms. The number of ether oxygens (including phenoxy) is 1. The number of hydrogen-bond donors (Lipinski definition) is 3. The Morgan fingerprint density at radius 3 is 2.38 bits per heavy atom. The molecule has 0 aliphatic carbocycles. The quantitative estimate of drug-likeness (QED) is 0.379. The van der Waals surface area contributed by atoms with Crippen molar-refractivity contribution in [3.05, 3.63) is 34.9 Å². The Hall–Kier alpha value is -1.79. The number of carbonyl (C=O) groups excluding carboxylic acids is 1. The molecule has 134 valence electrons. The molecule has 24 heavy (non-hydrogen) atoms. The van der Waals surface area contributed by atoms with Crippen LogP contribution in [-0.2, 0) is 4.74 Å². The minimum atomic E-state index is -0.314. The van der Waals surface area contributed by atoms with E-state index in [1.165, 1.54) is 0 Å². The van der Waals surface area contributed by atoms with Crippen molar-refractivity contribution < 1.29 is 9.53 Å². The maximum absolute atomic E-state index is 12.0. The summed E-state index contributed by atoms with van der Waals surface area (Å²) in [5.74, 6) is 0.569. The minimum absolute atomic E-state index is 0.129. The molecular formula is C17H27ClN4O2. The van der Waals surface area contributed by atoms with Crippen molar-refractivity contribution in [1.29, 1.82) is 0 Å². The number of nitrogens with zero attached hydrogens (tertiary/aromatic N) is 1.